The van der Waals surface area contributed by atoms with Crippen molar-refractivity contribution in [3.05, 3.63) is 64.7 Å². The monoisotopic (exact) mass is 443 g/mol. The Hall–Kier alpha value is -2.47. The van der Waals surface area contributed by atoms with Gasteiger partial charge in [-0.05, 0) is 72.5 Å². The van der Waals surface area contributed by atoms with Gasteiger partial charge in [0.1, 0.15) is 11.6 Å². The van der Waals surface area contributed by atoms with Gasteiger partial charge in [-0.3, -0.25) is 4.79 Å². The SMILES string of the molecule is CC(=O)N[C@H](CCNC1CCNc2ccc(CC(C)(C)C)cc21)Cc1cc(F)cc(F)c1. The summed E-state index contributed by atoms with van der Waals surface area (Å²) in [7, 11) is 0. The minimum atomic E-state index is -0.600. The van der Waals surface area contributed by atoms with Crippen LogP contribution in [-0.4, -0.2) is 25.0 Å². The number of anilines is 1. The molecule has 174 valence electrons. The van der Waals surface area contributed by atoms with Gasteiger partial charge >= 0.3 is 0 Å². The van der Waals surface area contributed by atoms with E-state index in [1.165, 1.54) is 35.9 Å². The third kappa shape index (κ3) is 7.30. The minimum absolute atomic E-state index is 0.147. The van der Waals surface area contributed by atoms with Gasteiger partial charge in [0.15, 0.2) is 0 Å². The zero-order chi connectivity index (χ0) is 23.3. The highest BCUT2D eigenvalue weighted by molar-refractivity contribution is 5.73. The predicted molar refractivity (Wildman–Crippen MR) is 126 cm³/mol. The van der Waals surface area contributed by atoms with Crippen molar-refractivity contribution in [3.63, 3.8) is 0 Å². The van der Waals surface area contributed by atoms with Crippen LogP contribution in [0.25, 0.3) is 0 Å². The number of carbonyl (C=O) groups excluding carboxylic acids is 1. The van der Waals surface area contributed by atoms with Crippen LogP contribution in [-0.2, 0) is 17.6 Å². The smallest absolute Gasteiger partial charge is 0.217 e. The summed E-state index contributed by atoms with van der Waals surface area (Å²) >= 11 is 0. The Bertz CT molecular complexity index is 919. The first-order valence-corrected chi connectivity index (χ1v) is 11.4. The fraction of sp³-hybridized carbons (Fsp3) is 0.500. The van der Waals surface area contributed by atoms with Crippen LogP contribution in [0.15, 0.2) is 36.4 Å². The molecule has 0 bridgehead atoms. The first-order chi connectivity index (χ1) is 15.1. The highest BCUT2D eigenvalue weighted by Crippen LogP contribution is 2.32. The van der Waals surface area contributed by atoms with Crippen molar-refractivity contribution in [2.24, 2.45) is 5.41 Å². The van der Waals surface area contributed by atoms with E-state index in [1.54, 1.807) is 0 Å². The van der Waals surface area contributed by atoms with E-state index in [4.69, 9.17) is 0 Å². The molecule has 0 radical (unpaired) electrons. The number of hydrogen-bond acceptors (Lipinski definition) is 3. The Morgan fingerprint density at radius 3 is 2.50 bits per heavy atom. The summed E-state index contributed by atoms with van der Waals surface area (Å²) in [5, 5.41) is 10.0. The van der Waals surface area contributed by atoms with E-state index in [0.717, 1.165) is 25.5 Å². The molecule has 4 nitrogen and oxygen atoms in total. The molecule has 6 heteroatoms. The zero-order valence-electron chi connectivity index (χ0n) is 19.5. The summed E-state index contributed by atoms with van der Waals surface area (Å²) in [5.41, 5.74) is 4.54. The van der Waals surface area contributed by atoms with Gasteiger partial charge in [-0.1, -0.05) is 32.9 Å². The third-order valence-corrected chi connectivity index (χ3v) is 5.67. The highest BCUT2D eigenvalue weighted by atomic mass is 19.1. The standard InChI is InChI=1S/C26H35F2N3O/c1-17(32)31-22(13-19-11-20(27)15-21(28)12-19)7-9-29-25-8-10-30-24-6-5-18(14-23(24)25)16-26(2,3)4/h5-6,11-12,14-15,22,25,29-30H,7-10,13,16H2,1-4H3,(H,31,32)/t22-,25?/m1/s1. The molecule has 32 heavy (non-hydrogen) atoms. The molecule has 0 spiro atoms. The van der Waals surface area contributed by atoms with Gasteiger partial charge in [0.2, 0.25) is 5.91 Å². The van der Waals surface area contributed by atoms with Gasteiger partial charge in [-0.15, -0.1) is 0 Å². The Morgan fingerprint density at radius 2 is 1.84 bits per heavy atom. The van der Waals surface area contributed by atoms with Crippen LogP contribution in [0.2, 0.25) is 0 Å². The van der Waals surface area contributed by atoms with Crippen molar-refractivity contribution in [2.45, 2.75) is 65.5 Å². The van der Waals surface area contributed by atoms with E-state index < -0.39 is 11.6 Å². The maximum Gasteiger partial charge on any atom is 0.217 e. The van der Waals surface area contributed by atoms with E-state index >= 15 is 0 Å². The van der Waals surface area contributed by atoms with Crippen molar-refractivity contribution < 1.29 is 13.6 Å². The molecule has 1 heterocycles. The normalized spacial score (nSPS) is 16.8. The zero-order valence-corrected chi connectivity index (χ0v) is 19.5. The quantitative estimate of drug-likeness (QED) is 0.530. The minimum Gasteiger partial charge on any atom is -0.385 e. The Morgan fingerprint density at radius 1 is 1.12 bits per heavy atom. The number of rotatable bonds is 8. The third-order valence-electron chi connectivity index (χ3n) is 5.67. The molecule has 3 rings (SSSR count). The van der Waals surface area contributed by atoms with E-state index in [-0.39, 0.29) is 23.4 Å². The molecule has 3 N–H and O–H groups in total. The second-order valence-electron chi connectivity index (χ2n) is 10.0. The lowest BCUT2D eigenvalue weighted by atomic mass is 9.86. The molecule has 2 aromatic carbocycles. The lowest BCUT2D eigenvalue weighted by Crippen LogP contribution is -2.38. The molecule has 1 aliphatic heterocycles. The summed E-state index contributed by atoms with van der Waals surface area (Å²) in [6.07, 6.45) is 3.04. The number of halogens is 2. The Balaban J connectivity index is 1.64. The number of fused-ring (bicyclic) bond motifs is 1. The second-order valence-corrected chi connectivity index (χ2v) is 10.0. The lowest BCUT2D eigenvalue weighted by molar-refractivity contribution is -0.119. The molecule has 0 saturated carbocycles. The predicted octanol–water partition coefficient (Wildman–Crippen LogP) is 5.14. The van der Waals surface area contributed by atoms with Crippen LogP contribution in [0, 0.1) is 17.0 Å². The molecule has 0 fully saturated rings. The number of carbonyl (C=O) groups is 1. The van der Waals surface area contributed by atoms with E-state index in [9.17, 15) is 13.6 Å². The van der Waals surface area contributed by atoms with E-state index in [1.807, 2.05) is 0 Å². The van der Waals surface area contributed by atoms with Crippen molar-refractivity contribution in [1.29, 1.82) is 0 Å². The highest BCUT2D eigenvalue weighted by Gasteiger charge is 2.22. The molecule has 1 unspecified atom stereocenters. The van der Waals surface area contributed by atoms with Gasteiger partial charge in [0.05, 0.1) is 0 Å². The molecule has 1 aliphatic rings. The Labute approximate surface area is 190 Å². The van der Waals surface area contributed by atoms with Gasteiger partial charge in [-0.25, -0.2) is 8.78 Å². The van der Waals surface area contributed by atoms with Gasteiger partial charge in [-0.2, -0.15) is 0 Å². The van der Waals surface area contributed by atoms with E-state index in [0.29, 0.717) is 24.9 Å². The molecular formula is C26H35F2N3O. The van der Waals surface area contributed by atoms with Gasteiger partial charge in [0, 0.05) is 37.3 Å². The fourth-order valence-electron chi connectivity index (χ4n) is 4.46. The maximum absolute atomic E-state index is 13.6. The molecular weight excluding hydrogens is 408 g/mol. The lowest BCUT2D eigenvalue weighted by Gasteiger charge is -2.30. The summed E-state index contributed by atoms with van der Waals surface area (Å²) in [6.45, 7) is 9.79. The summed E-state index contributed by atoms with van der Waals surface area (Å²) in [6, 6.07) is 10.2. The number of nitrogens with one attached hydrogen (secondary N) is 3. The van der Waals surface area contributed by atoms with Gasteiger partial charge < -0.3 is 16.0 Å². The Kier molecular flexibility index (Phi) is 7.88. The van der Waals surface area contributed by atoms with Crippen LogP contribution in [0.1, 0.15) is 63.3 Å². The van der Waals surface area contributed by atoms with Crippen molar-refractivity contribution in [3.8, 4) is 0 Å². The van der Waals surface area contributed by atoms with Crippen LogP contribution in [0.3, 0.4) is 0 Å². The first kappa shape index (κ1) is 24.2. The average Bonchev–Trinajstić information content (AvgIpc) is 2.65. The number of benzene rings is 2. The van der Waals surface area contributed by atoms with Crippen molar-refractivity contribution in [1.82, 2.24) is 10.6 Å². The molecule has 1 amide bonds. The summed E-state index contributed by atoms with van der Waals surface area (Å²) in [4.78, 5) is 11.7. The fourth-order valence-corrected chi connectivity index (χ4v) is 4.46. The van der Waals surface area contributed by atoms with Crippen molar-refractivity contribution in [2.75, 3.05) is 18.4 Å². The van der Waals surface area contributed by atoms with E-state index in [2.05, 4.69) is 54.9 Å². The topological polar surface area (TPSA) is 53.2 Å². The van der Waals surface area contributed by atoms with Gasteiger partial charge in [0.25, 0.3) is 0 Å². The first-order valence-electron chi connectivity index (χ1n) is 11.4. The largest absolute Gasteiger partial charge is 0.385 e. The number of amides is 1. The average molecular weight is 444 g/mol. The van der Waals surface area contributed by atoms with Crippen LogP contribution >= 0.6 is 0 Å². The van der Waals surface area contributed by atoms with Crippen LogP contribution < -0.4 is 16.0 Å². The summed E-state index contributed by atoms with van der Waals surface area (Å²) < 4.78 is 27.1. The van der Waals surface area contributed by atoms with Crippen LogP contribution in [0.4, 0.5) is 14.5 Å². The van der Waals surface area contributed by atoms with Crippen LogP contribution in [0.5, 0.6) is 0 Å². The molecule has 0 aromatic heterocycles. The second kappa shape index (κ2) is 10.4. The molecule has 0 aliphatic carbocycles. The molecule has 2 aromatic rings. The molecule has 0 saturated heterocycles. The molecule has 2 atom stereocenters. The van der Waals surface area contributed by atoms with Crippen molar-refractivity contribution >= 4 is 11.6 Å². The summed E-state index contributed by atoms with van der Waals surface area (Å²) in [5.74, 6) is -1.35. The maximum atomic E-state index is 13.6. The number of hydrogen-bond donors (Lipinski definition) is 3.